The SMILES string of the molecule is [B]c1ccc(N)c(N2CCC(C)(CC=C)CC2)c1. The third-order valence-electron chi connectivity index (χ3n) is 4.00. The summed E-state index contributed by atoms with van der Waals surface area (Å²) in [4.78, 5) is 2.34. The number of nitrogens with two attached hydrogens (primary N) is 1. The highest BCUT2D eigenvalue weighted by molar-refractivity contribution is 6.32. The largest absolute Gasteiger partial charge is 0.397 e. The number of allylic oxidation sites excluding steroid dienone is 1. The molecule has 0 spiro atoms. The average Bonchev–Trinajstić information content (AvgIpc) is 2.34. The van der Waals surface area contributed by atoms with E-state index < -0.39 is 0 Å². The van der Waals surface area contributed by atoms with Gasteiger partial charge in [-0.1, -0.05) is 24.5 Å². The maximum absolute atomic E-state index is 6.03. The Morgan fingerprint density at radius 3 is 2.72 bits per heavy atom. The van der Waals surface area contributed by atoms with Crippen molar-refractivity contribution in [3.05, 3.63) is 30.9 Å². The zero-order valence-electron chi connectivity index (χ0n) is 11.2. The first-order valence-corrected chi connectivity index (χ1v) is 6.55. The van der Waals surface area contributed by atoms with E-state index in [1.807, 2.05) is 24.3 Å². The Morgan fingerprint density at radius 1 is 1.44 bits per heavy atom. The molecule has 2 nitrogen and oxygen atoms in total. The molecule has 0 atom stereocenters. The second-order valence-electron chi connectivity index (χ2n) is 5.61. The van der Waals surface area contributed by atoms with Crippen LogP contribution >= 0.6 is 0 Å². The Morgan fingerprint density at radius 2 is 2.11 bits per heavy atom. The van der Waals surface area contributed by atoms with Gasteiger partial charge in [-0.2, -0.15) is 0 Å². The van der Waals surface area contributed by atoms with Crippen molar-refractivity contribution in [2.24, 2.45) is 5.41 Å². The molecule has 0 unspecified atom stereocenters. The van der Waals surface area contributed by atoms with Crippen molar-refractivity contribution in [3.8, 4) is 0 Å². The molecule has 0 amide bonds. The van der Waals surface area contributed by atoms with Gasteiger partial charge in [0.05, 0.1) is 11.4 Å². The number of hydrogen-bond acceptors (Lipinski definition) is 2. The van der Waals surface area contributed by atoms with Crippen molar-refractivity contribution in [1.82, 2.24) is 0 Å². The first-order chi connectivity index (χ1) is 8.54. The Hall–Kier alpha value is -1.38. The predicted octanol–water partition coefficient (Wildman–Crippen LogP) is 2.25. The van der Waals surface area contributed by atoms with Crippen LogP contribution in [0.2, 0.25) is 0 Å². The molecule has 3 heteroatoms. The molecule has 0 bridgehead atoms. The van der Waals surface area contributed by atoms with Crippen LogP contribution in [0.5, 0.6) is 0 Å². The molecule has 1 saturated heterocycles. The highest BCUT2D eigenvalue weighted by Gasteiger charge is 2.29. The number of hydrogen-bond donors (Lipinski definition) is 1. The third-order valence-corrected chi connectivity index (χ3v) is 4.00. The van der Waals surface area contributed by atoms with E-state index in [2.05, 4.69) is 18.4 Å². The van der Waals surface area contributed by atoms with E-state index in [9.17, 15) is 0 Å². The molecule has 0 saturated carbocycles. The minimum Gasteiger partial charge on any atom is -0.397 e. The van der Waals surface area contributed by atoms with Gasteiger partial charge in [-0.15, -0.1) is 6.58 Å². The monoisotopic (exact) mass is 240 g/mol. The highest BCUT2D eigenvalue weighted by atomic mass is 15.1. The van der Waals surface area contributed by atoms with Gasteiger partial charge in [0.15, 0.2) is 0 Å². The molecule has 18 heavy (non-hydrogen) atoms. The summed E-state index contributed by atoms with van der Waals surface area (Å²) in [5, 5.41) is 0. The van der Waals surface area contributed by atoms with Crippen LogP contribution in [-0.2, 0) is 0 Å². The van der Waals surface area contributed by atoms with Crippen LogP contribution in [0.25, 0.3) is 0 Å². The van der Waals surface area contributed by atoms with Crippen molar-refractivity contribution < 1.29 is 0 Å². The first kappa shape index (κ1) is 13.1. The number of nitrogens with zero attached hydrogens (tertiary/aromatic N) is 1. The fourth-order valence-electron chi connectivity index (χ4n) is 2.67. The molecule has 1 heterocycles. The predicted molar refractivity (Wildman–Crippen MR) is 80.6 cm³/mol. The number of rotatable bonds is 3. The fourth-order valence-corrected chi connectivity index (χ4v) is 2.67. The summed E-state index contributed by atoms with van der Waals surface area (Å²) in [7, 11) is 5.84. The molecule has 1 fully saturated rings. The maximum atomic E-state index is 6.03. The molecule has 2 rings (SSSR count). The molecule has 2 radical (unpaired) electrons. The fraction of sp³-hybridized carbons (Fsp3) is 0.467. The van der Waals surface area contributed by atoms with Crippen LogP contribution in [0.4, 0.5) is 11.4 Å². The van der Waals surface area contributed by atoms with Crippen molar-refractivity contribution in [1.29, 1.82) is 0 Å². The topological polar surface area (TPSA) is 29.3 Å². The molecule has 1 aliphatic heterocycles. The van der Waals surface area contributed by atoms with Crippen LogP contribution in [0.3, 0.4) is 0 Å². The normalized spacial score (nSPS) is 18.6. The van der Waals surface area contributed by atoms with Crippen molar-refractivity contribution in [2.75, 3.05) is 23.7 Å². The van der Waals surface area contributed by atoms with Crippen LogP contribution in [-0.4, -0.2) is 20.9 Å². The van der Waals surface area contributed by atoms with Gasteiger partial charge in [0, 0.05) is 13.1 Å². The van der Waals surface area contributed by atoms with Gasteiger partial charge < -0.3 is 10.6 Å². The minimum absolute atomic E-state index is 0.396. The number of anilines is 2. The van der Waals surface area contributed by atoms with Crippen LogP contribution in [0, 0.1) is 5.41 Å². The van der Waals surface area contributed by atoms with Gasteiger partial charge in [-0.05, 0) is 36.8 Å². The van der Waals surface area contributed by atoms with Crippen LogP contribution in [0.1, 0.15) is 26.2 Å². The van der Waals surface area contributed by atoms with E-state index in [0.29, 0.717) is 5.41 Å². The number of benzene rings is 1. The molecule has 1 aromatic rings. The minimum atomic E-state index is 0.396. The Balaban J connectivity index is 2.09. The standard InChI is InChI=1S/C15H21BN2/c1-3-6-15(2)7-9-18(10-8-15)14-11-12(16)4-5-13(14)17/h3-5,11H,1,6-10,17H2,2H3. The second-order valence-corrected chi connectivity index (χ2v) is 5.61. The summed E-state index contributed by atoms with van der Waals surface area (Å²) < 4.78 is 0. The van der Waals surface area contributed by atoms with Crippen molar-refractivity contribution in [3.63, 3.8) is 0 Å². The number of piperidine rings is 1. The van der Waals surface area contributed by atoms with E-state index in [0.717, 1.165) is 36.3 Å². The van der Waals surface area contributed by atoms with E-state index >= 15 is 0 Å². The molecule has 1 aliphatic rings. The zero-order chi connectivity index (χ0) is 13.2. The van der Waals surface area contributed by atoms with Gasteiger partial charge >= 0.3 is 0 Å². The summed E-state index contributed by atoms with van der Waals surface area (Å²) in [5.74, 6) is 0. The number of nitrogen functional groups attached to an aromatic ring is 1. The highest BCUT2D eigenvalue weighted by Crippen LogP contribution is 2.37. The molecule has 1 aromatic carbocycles. The Bertz CT molecular complexity index is 434. The Kier molecular flexibility index (Phi) is 3.69. The summed E-state index contributed by atoms with van der Waals surface area (Å²) in [5.41, 5.74) is 9.10. The lowest BCUT2D eigenvalue weighted by molar-refractivity contribution is 0.251. The van der Waals surface area contributed by atoms with Crippen molar-refractivity contribution >= 4 is 24.7 Å². The lowest BCUT2D eigenvalue weighted by atomic mass is 9.77. The van der Waals surface area contributed by atoms with E-state index in [-0.39, 0.29) is 0 Å². The van der Waals surface area contributed by atoms with Gasteiger partial charge in [-0.25, -0.2) is 0 Å². The van der Waals surface area contributed by atoms with Crippen LogP contribution in [0.15, 0.2) is 30.9 Å². The molecular formula is C15H21BN2. The lowest BCUT2D eigenvalue weighted by Gasteiger charge is -2.40. The third kappa shape index (κ3) is 2.71. The van der Waals surface area contributed by atoms with E-state index in [1.165, 1.54) is 12.8 Å². The summed E-state index contributed by atoms with van der Waals surface area (Å²) in [6.45, 7) is 8.27. The molecule has 2 N–H and O–H groups in total. The maximum Gasteiger partial charge on any atom is 0.113 e. The molecule has 94 valence electrons. The second kappa shape index (κ2) is 5.09. The van der Waals surface area contributed by atoms with E-state index in [4.69, 9.17) is 13.6 Å². The van der Waals surface area contributed by atoms with Crippen LogP contribution < -0.4 is 16.1 Å². The molecule has 0 aliphatic carbocycles. The van der Waals surface area contributed by atoms with Gasteiger partial charge in [0.25, 0.3) is 0 Å². The van der Waals surface area contributed by atoms with Crippen molar-refractivity contribution in [2.45, 2.75) is 26.2 Å². The molecule has 0 aromatic heterocycles. The average molecular weight is 240 g/mol. The quantitative estimate of drug-likeness (QED) is 0.498. The first-order valence-electron chi connectivity index (χ1n) is 6.55. The summed E-state index contributed by atoms with van der Waals surface area (Å²) in [6.07, 6.45) is 5.47. The Labute approximate surface area is 111 Å². The summed E-state index contributed by atoms with van der Waals surface area (Å²) in [6, 6.07) is 5.72. The lowest BCUT2D eigenvalue weighted by Crippen LogP contribution is -2.39. The molecular weight excluding hydrogens is 219 g/mol. The van der Waals surface area contributed by atoms with E-state index in [1.54, 1.807) is 0 Å². The summed E-state index contributed by atoms with van der Waals surface area (Å²) >= 11 is 0. The zero-order valence-corrected chi connectivity index (χ0v) is 11.2. The van der Waals surface area contributed by atoms with Gasteiger partial charge in [0.1, 0.15) is 7.85 Å². The van der Waals surface area contributed by atoms with Gasteiger partial charge in [0.2, 0.25) is 0 Å². The smallest absolute Gasteiger partial charge is 0.113 e. The van der Waals surface area contributed by atoms with Gasteiger partial charge in [-0.3, -0.25) is 0 Å².